The number of rotatable bonds is 2. The van der Waals surface area contributed by atoms with Crippen LogP contribution < -0.4 is 20.3 Å². The second-order valence-electron chi connectivity index (χ2n) is 9.42. The fraction of sp³-hybridized carbons (Fsp3) is 0.417. The first-order valence-electron chi connectivity index (χ1n) is 11.1. The summed E-state index contributed by atoms with van der Waals surface area (Å²) < 4.78 is 50.6. The quantitative estimate of drug-likeness (QED) is 0.503. The van der Waals surface area contributed by atoms with E-state index in [1.807, 2.05) is 4.90 Å². The Bertz CT molecular complexity index is 1150. The van der Waals surface area contributed by atoms with Crippen molar-refractivity contribution >= 4 is 35.0 Å². The van der Waals surface area contributed by atoms with Crippen molar-refractivity contribution in [3.05, 3.63) is 47.0 Å². The van der Waals surface area contributed by atoms with E-state index in [2.05, 4.69) is 10.6 Å². The van der Waals surface area contributed by atoms with E-state index in [0.29, 0.717) is 42.1 Å². The van der Waals surface area contributed by atoms with Gasteiger partial charge in [0.05, 0.1) is 28.5 Å². The average Bonchev–Trinajstić information content (AvgIpc) is 2.87. The topological polar surface area (TPSA) is 79.9 Å². The van der Waals surface area contributed by atoms with Crippen molar-refractivity contribution in [3.8, 4) is 11.5 Å². The van der Waals surface area contributed by atoms with Crippen LogP contribution in [0.4, 0.5) is 29.3 Å². The molecule has 2 heterocycles. The molecule has 1 saturated heterocycles. The number of nitrogens with one attached hydrogen (secondary N) is 2. The van der Waals surface area contributed by atoms with Crippen LogP contribution in [-0.4, -0.2) is 36.4 Å². The van der Waals surface area contributed by atoms with Crippen molar-refractivity contribution in [1.29, 1.82) is 0 Å². The Balaban J connectivity index is 1.74. The molecule has 0 aromatic heterocycles. The van der Waals surface area contributed by atoms with E-state index in [1.54, 1.807) is 57.2 Å². The molecule has 2 atom stereocenters. The number of anilines is 2. The molecule has 2 amide bonds. The van der Waals surface area contributed by atoms with Crippen LogP contribution in [0.25, 0.3) is 0 Å². The summed E-state index contributed by atoms with van der Waals surface area (Å²) in [5, 5.41) is 4.97. The van der Waals surface area contributed by atoms with Crippen LogP contribution in [0.2, 0.25) is 5.02 Å². The van der Waals surface area contributed by atoms with Gasteiger partial charge in [0, 0.05) is 18.2 Å². The molecule has 0 spiro atoms. The van der Waals surface area contributed by atoms with E-state index in [9.17, 15) is 22.8 Å². The van der Waals surface area contributed by atoms with E-state index in [1.165, 1.54) is 0 Å². The van der Waals surface area contributed by atoms with Crippen molar-refractivity contribution < 1.29 is 32.2 Å². The van der Waals surface area contributed by atoms with Crippen molar-refractivity contribution in [1.82, 2.24) is 5.32 Å². The fourth-order valence-electron chi connectivity index (χ4n) is 4.35. The lowest BCUT2D eigenvalue weighted by atomic mass is 9.89. The molecule has 0 bridgehead atoms. The van der Waals surface area contributed by atoms with Gasteiger partial charge < -0.3 is 19.7 Å². The number of benzene rings is 2. The molecule has 1 fully saturated rings. The molecule has 4 rings (SSSR count). The number of piperidine rings is 1. The molecule has 7 nitrogen and oxygen atoms in total. The van der Waals surface area contributed by atoms with E-state index in [-0.39, 0.29) is 10.7 Å². The Hall–Kier alpha value is -3.14. The number of carbonyl (C=O) groups is 2. The maximum atomic E-state index is 13.0. The predicted molar refractivity (Wildman–Crippen MR) is 125 cm³/mol. The molecule has 11 heteroatoms. The third-order valence-corrected chi connectivity index (χ3v) is 5.97. The molecule has 0 saturated carbocycles. The number of ether oxygens (including phenoxy) is 2. The Morgan fingerprint density at radius 1 is 1.14 bits per heavy atom. The Morgan fingerprint density at radius 3 is 2.54 bits per heavy atom. The van der Waals surface area contributed by atoms with Gasteiger partial charge in [-0.1, -0.05) is 29.8 Å². The van der Waals surface area contributed by atoms with Crippen molar-refractivity contribution in [3.63, 3.8) is 0 Å². The minimum atomic E-state index is -4.99. The van der Waals surface area contributed by atoms with Crippen LogP contribution in [0.5, 0.6) is 11.5 Å². The summed E-state index contributed by atoms with van der Waals surface area (Å²) in [7, 11) is 0. The first-order valence-corrected chi connectivity index (χ1v) is 11.5. The minimum absolute atomic E-state index is 0.198. The van der Waals surface area contributed by atoms with E-state index < -0.39 is 35.9 Å². The SMILES string of the molecule is CC(C)(C)OC(=O)Nc1cc2c(cc1Cl)N1CCC[C@H](NC(=O)C(F)(F)F)[C@@H]1c1ccccc1O2. The number of para-hydroxylation sites is 1. The summed E-state index contributed by atoms with van der Waals surface area (Å²) in [4.78, 5) is 26.0. The van der Waals surface area contributed by atoms with Gasteiger partial charge in [-0.15, -0.1) is 0 Å². The lowest BCUT2D eigenvalue weighted by molar-refractivity contribution is -0.174. The molecule has 2 aromatic carbocycles. The van der Waals surface area contributed by atoms with Gasteiger partial charge in [-0.2, -0.15) is 13.2 Å². The summed E-state index contributed by atoms with van der Waals surface area (Å²) in [6.07, 6.45) is -4.79. The predicted octanol–water partition coefficient (Wildman–Crippen LogP) is 6.18. The summed E-state index contributed by atoms with van der Waals surface area (Å²) in [5.74, 6) is -1.19. The number of hydrogen-bond acceptors (Lipinski definition) is 5. The monoisotopic (exact) mass is 511 g/mol. The molecular weight excluding hydrogens is 487 g/mol. The molecule has 188 valence electrons. The Kier molecular flexibility index (Phi) is 6.52. The third-order valence-electron chi connectivity index (χ3n) is 5.66. The fourth-order valence-corrected chi connectivity index (χ4v) is 4.55. The Morgan fingerprint density at radius 2 is 1.86 bits per heavy atom. The van der Waals surface area contributed by atoms with Crippen LogP contribution in [0.15, 0.2) is 36.4 Å². The molecule has 0 aliphatic carbocycles. The number of halogens is 4. The van der Waals surface area contributed by atoms with Crippen molar-refractivity contribution in [2.24, 2.45) is 0 Å². The van der Waals surface area contributed by atoms with Crippen molar-refractivity contribution in [2.45, 2.75) is 57.5 Å². The van der Waals surface area contributed by atoms with Gasteiger partial charge in [-0.05, 0) is 45.7 Å². The number of fused-ring (bicyclic) bond motifs is 5. The van der Waals surface area contributed by atoms with Gasteiger partial charge >= 0.3 is 18.2 Å². The van der Waals surface area contributed by atoms with E-state index in [4.69, 9.17) is 21.1 Å². The molecule has 0 unspecified atom stereocenters. The van der Waals surface area contributed by atoms with Crippen LogP contribution in [0.3, 0.4) is 0 Å². The number of hydrogen-bond donors (Lipinski definition) is 2. The number of nitrogens with zero attached hydrogens (tertiary/aromatic N) is 1. The minimum Gasteiger partial charge on any atom is -0.455 e. The van der Waals surface area contributed by atoms with E-state index >= 15 is 0 Å². The largest absolute Gasteiger partial charge is 0.471 e. The first kappa shape index (κ1) is 25.0. The van der Waals surface area contributed by atoms with Crippen LogP contribution in [0, 0.1) is 0 Å². The highest BCUT2D eigenvalue weighted by atomic mass is 35.5. The van der Waals surface area contributed by atoms with Crippen LogP contribution >= 0.6 is 11.6 Å². The van der Waals surface area contributed by atoms with Gasteiger partial charge in [0.15, 0.2) is 5.75 Å². The molecule has 2 aromatic rings. The zero-order valence-corrected chi connectivity index (χ0v) is 20.1. The second-order valence-corrected chi connectivity index (χ2v) is 9.83. The number of alkyl halides is 3. The zero-order valence-electron chi connectivity index (χ0n) is 19.3. The lowest BCUT2D eigenvalue weighted by Gasteiger charge is -2.42. The molecular formula is C24H25ClF3N3O4. The van der Waals surface area contributed by atoms with Crippen LogP contribution in [0.1, 0.15) is 45.2 Å². The lowest BCUT2D eigenvalue weighted by Crippen LogP contribution is -2.52. The number of carbonyl (C=O) groups excluding carboxylic acids is 2. The maximum absolute atomic E-state index is 13.0. The number of amides is 2. The molecule has 2 N–H and O–H groups in total. The van der Waals surface area contributed by atoms with Gasteiger partial charge in [0.25, 0.3) is 0 Å². The molecule has 2 aliphatic rings. The molecule has 0 radical (unpaired) electrons. The van der Waals surface area contributed by atoms with Gasteiger partial charge in [-0.3, -0.25) is 10.1 Å². The van der Waals surface area contributed by atoms with Gasteiger partial charge in [0.2, 0.25) is 0 Å². The highest BCUT2D eigenvalue weighted by Gasteiger charge is 2.44. The maximum Gasteiger partial charge on any atom is 0.471 e. The van der Waals surface area contributed by atoms with Gasteiger partial charge in [0.1, 0.15) is 11.4 Å². The van der Waals surface area contributed by atoms with Gasteiger partial charge in [-0.25, -0.2) is 4.79 Å². The van der Waals surface area contributed by atoms with E-state index in [0.717, 1.165) is 0 Å². The van der Waals surface area contributed by atoms with Crippen molar-refractivity contribution in [2.75, 3.05) is 16.8 Å². The molecule has 35 heavy (non-hydrogen) atoms. The highest BCUT2D eigenvalue weighted by Crippen LogP contribution is 2.49. The molecule has 2 aliphatic heterocycles. The van der Waals surface area contributed by atoms with Crippen LogP contribution in [-0.2, 0) is 9.53 Å². The summed E-state index contributed by atoms with van der Waals surface area (Å²) >= 11 is 6.48. The standard InChI is InChI=1S/C24H25ClF3N3O4/c1-23(2,3)35-22(33)30-16-12-19-17(11-14(16)25)31-10-6-8-15(29-21(32)24(26,27)28)20(31)13-7-4-5-9-18(13)34-19/h4-5,7,9,11-12,15,20H,6,8,10H2,1-3H3,(H,29,32)(H,30,33)/t15-,20-/m0/s1. The summed E-state index contributed by atoms with van der Waals surface area (Å²) in [6, 6.07) is 8.69. The smallest absolute Gasteiger partial charge is 0.455 e. The summed E-state index contributed by atoms with van der Waals surface area (Å²) in [5.41, 5.74) is 0.717. The average molecular weight is 512 g/mol. The highest BCUT2D eigenvalue weighted by molar-refractivity contribution is 6.34. The normalized spacial score (nSPS) is 19.3. The zero-order chi connectivity index (χ0) is 25.5. The Labute approximate surface area is 205 Å². The summed E-state index contributed by atoms with van der Waals surface area (Å²) in [6.45, 7) is 5.70. The third kappa shape index (κ3) is 5.42. The first-order chi connectivity index (χ1) is 16.3. The second kappa shape index (κ2) is 9.14.